The molecule has 0 atom stereocenters. The lowest BCUT2D eigenvalue weighted by molar-refractivity contribution is 0.515. The fourth-order valence-electron chi connectivity index (χ4n) is 1.90. The van der Waals surface area contributed by atoms with E-state index < -0.39 is 0 Å². The van der Waals surface area contributed by atoms with E-state index in [0.29, 0.717) is 0 Å². The first-order chi connectivity index (χ1) is 7.77. The maximum Gasteiger partial charge on any atom is 0 e. The van der Waals surface area contributed by atoms with Gasteiger partial charge in [0.2, 0.25) is 0 Å². The second-order valence-electron chi connectivity index (χ2n) is 5.41. The van der Waals surface area contributed by atoms with Crippen LogP contribution in [-0.4, -0.2) is 13.1 Å². The summed E-state index contributed by atoms with van der Waals surface area (Å²) in [5.74, 6) is 0.839. The van der Waals surface area contributed by atoms with Crippen molar-refractivity contribution < 1.29 is 1.43 Å². The average Bonchev–Trinajstić information content (AvgIpc) is 2.25. The first-order valence-electron chi connectivity index (χ1n) is 7.48. The Kier molecular flexibility index (Phi) is 13.0. The predicted molar refractivity (Wildman–Crippen MR) is 77.0 cm³/mol. The standard InChI is InChI=1S/C15H33N.H2/c1-4-5-6-7-8-9-10-11-13-16-14-12-15(2)3;/h15-16H,4-14H2,1-3H3;1H. The SMILES string of the molecule is CCCCCCCCCCNCCC(C)C.[HH]. The van der Waals surface area contributed by atoms with Gasteiger partial charge in [0.1, 0.15) is 0 Å². The van der Waals surface area contributed by atoms with Crippen LogP contribution in [0.1, 0.15) is 80.0 Å². The smallest absolute Gasteiger partial charge is 0 e. The summed E-state index contributed by atoms with van der Waals surface area (Å²) in [6.45, 7) is 9.29. The Morgan fingerprint density at radius 1 is 0.812 bits per heavy atom. The maximum absolute atomic E-state index is 3.53. The fourth-order valence-corrected chi connectivity index (χ4v) is 1.90. The van der Waals surface area contributed by atoms with Crippen LogP contribution < -0.4 is 5.32 Å². The minimum absolute atomic E-state index is 0. The summed E-state index contributed by atoms with van der Waals surface area (Å²) < 4.78 is 0. The zero-order valence-corrected chi connectivity index (χ0v) is 11.9. The van der Waals surface area contributed by atoms with Crippen molar-refractivity contribution in [2.45, 2.75) is 78.6 Å². The predicted octanol–water partition coefficient (Wildman–Crippen LogP) is 5.01. The summed E-state index contributed by atoms with van der Waals surface area (Å²) in [6, 6.07) is 0. The highest BCUT2D eigenvalue weighted by molar-refractivity contribution is 4.52. The number of nitrogens with one attached hydrogen (secondary N) is 1. The molecule has 0 bridgehead atoms. The molecule has 0 aromatic carbocycles. The molecule has 0 aliphatic heterocycles. The van der Waals surface area contributed by atoms with E-state index in [-0.39, 0.29) is 1.43 Å². The Bertz CT molecular complexity index is 126. The van der Waals surface area contributed by atoms with Crippen molar-refractivity contribution >= 4 is 0 Å². The molecular weight excluding hydrogens is 194 g/mol. The minimum atomic E-state index is 0. The van der Waals surface area contributed by atoms with Crippen molar-refractivity contribution in [3.8, 4) is 0 Å². The van der Waals surface area contributed by atoms with Crippen molar-refractivity contribution in [2.75, 3.05) is 13.1 Å². The molecule has 100 valence electrons. The molecule has 16 heavy (non-hydrogen) atoms. The molecule has 0 aromatic rings. The topological polar surface area (TPSA) is 12.0 Å². The monoisotopic (exact) mass is 229 g/mol. The van der Waals surface area contributed by atoms with E-state index in [1.807, 2.05) is 0 Å². The third-order valence-electron chi connectivity index (χ3n) is 3.11. The lowest BCUT2D eigenvalue weighted by atomic mass is 10.1. The van der Waals surface area contributed by atoms with Crippen molar-refractivity contribution in [1.29, 1.82) is 0 Å². The van der Waals surface area contributed by atoms with E-state index in [1.165, 1.54) is 70.9 Å². The van der Waals surface area contributed by atoms with E-state index in [4.69, 9.17) is 0 Å². The second kappa shape index (κ2) is 13.0. The van der Waals surface area contributed by atoms with Gasteiger partial charge < -0.3 is 5.32 Å². The van der Waals surface area contributed by atoms with Gasteiger partial charge in [0.15, 0.2) is 0 Å². The Morgan fingerprint density at radius 3 is 1.94 bits per heavy atom. The quantitative estimate of drug-likeness (QED) is 0.464. The molecule has 1 N–H and O–H groups in total. The third kappa shape index (κ3) is 14.0. The number of hydrogen-bond donors (Lipinski definition) is 1. The zero-order valence-electron chi connectivity index (χ0n) is 11.9. The average molecular weight is 229 g/mol. The van der Waals surface area contributed by atoms with Crippen LogP contribution in [0.5, 0.6) is 0 Å². The number of unbranched alkanes of at least 4 members (excludes halogenated alkanes) is 7. The third-order valence-corrected chi connectivity index (χ3v) is 3.11. The molecule has 1 nitrogen and oxygen atoms in total. The molecule has 0 heterocycles. The summed E-state index contributed by atoms with van der Waals surface area (Å²) in [4.78, 5) is 0. The van der Waals surface area contributed by atoms with Crippen LogP contribution in [0.2, 0.25) is 0 Å². The highest BCUT2D eigenvalue weighted by atomic mass is 14.8. The summed E-state index contributed by atoms with van der Waals surface area (Å²) in [6.07, 6.45) is 12.7. The van der Waals surface area contributed by atoms with Gasteiger partial charge >= 0.3 is 0 Å². The lowest BCUT2D eigenvalue weighted by Gasteiger charge is -2.06. The first kappa shape index (κ1) is 16.0. The van der Waals surface area contributed by atoms with Crippen molar-refractivity contribution in [1.82, 2.24) is 5.32 Å². The van der Waals surface area contributed by atoms with Gasteiger partial charge in [-0.05, 0) is 31.8 Å². The van der Waals surface area contributed by atoms with Gasteiger partial charge in [-0.25, -0.2) is 0 Å². The van der Waals surface area contributed by atoms with Gasteiger partial charge in [0, 0.05) is 1.43 Å². The van der Waals surface area contributed by atoms with Crippen LogP contribution in [0.4, 0.5) is 0 Å². The molecule has 0 fully saturated rings. The molecule has 0 saturated heterocycles. The van der Waals surface area contributed by atoms with E-state index in [0.717, 1.165) is 5.92 Å². The second-order valence-corrected chi connectivity index (χ2v) is 5.41. The molecule has 0 unspecified atom stereocenters. The van der Waals surface area contributed by atoms with Crippen LogP contribution in [0, 0.1) is 5.92 Å². The van der Waals surface area contributed by atoms with Crippen molar-refractivity contribution in [3.63, 3.8) is 0 Å². The van der Waals surface area contributed by atoms with Gasteiger partial charge in [0.25, 0.3) is 0 Å². The van der Waals surface area contributed by atoms with Gasteiger partial charge in [0.05, 0.1) is 0 Å². The molecule has 0 rings (SSSR count). The molecule has 0 radical (unpaired) electrons. The van der Waals surface area contributed by atoms with E-state index >= 15 is 0 Å². The Labute approximate surface area is 105 Å². The summed E-state index contributed by atoms with van der Waals surface area (Å²) in [7, 11) is 0. The highest BCUT2D eigenvalue weighted by Crippen LogP contribution is 2.07. The minimum Gasteiger partial charge on any atom is -0.317 e. The summed E-state index contributed by atoms with van der Waals surface area (Å²) in [5.41, 5.74) is 0. The molecule has 0 aromatic heterocycles. The van der Waals surface area contributed by atoms with E-state index in [2.05, 4.69) is 26.1 Å². The highest BCUT2D eigenvalue weighted by Gasteiger charge is 1.94. The van der Waals surface area contributed by atoms with Gasteiger partial charge in [-0.15, -0.1) is 0 Å². The molecule has 0 spiro atoms. The van der Waals surface area contributed by atoms with Crippen LogP contribution in [0.15, 0.2) is 0 Å². The van der Waals surface area contributed by atoms with Crippen LogP contribution >= 0.6 is 0 Å². The summed E-state index contributed by atoms with van der Waals surface area (Å²) >= 11 is 0. The van der Waals surface area contributed by atoms with E-state index in [1.54, 1.807) is 0 Å². The van der Waals surface area contributed by atoms with Gasteiger partial charge in [-0.1, -0.05) is 65.7 Å². The number of hydrogen-bond acceptors (Lipinski definition) is 1. The fraction of sp³-hybridized carbons (Fsp3) is 1.00. The van der Waals surface area contributed by atoms with E-state index in [9.17, 15) is 0 Å². The van der Waals surface area contributed by atoms with Crippen LogP contribution in [0.3, 0.4) is 0 Å². The van der Waals surface area contributed by atoms with Gasteiger partial charge in [-0.3, -0.25) is 0 Å². The normalized spacial score (nSPS) is 11.2. The van der Waals surface area contributed by atoms with Gasteiger partial charge in [-0.2, -0.15) is 0 Å². The van der Waals surface area contributed by atoms with Crippen LogP contribution in [-0.2, 0) is 0 Å². The largest absolute Gasteiger partial charge is 0.317 e. The van der Waals surface area contributed by atoms with Crippen LogP contribution in [0.25, 0.3) is 0 Å². The molecule has 0 saturated carbocycles. The van der Waals surface area contributed by atoms with Crippen molar-refractivity contribution in [3.05, 3.63) is 0 Å². The molecule has 0 amide bonds. The summed E-state index contributed by atoms with van der Waals surface area (Å²) in [5, 5.41) is 3.53. The molecule has 0 aliphatic carbocycles. The molecular formula is C15H35N. The van der Waals surface area contributed by atoms with Crippen molar-refractivity contribution in [2.24, 2.45) is 5.92 Å². The first-order valence-corrected chi connectivity index (χ1v) is 7.48. The zero-order chi connectivity index (χ0) is 12.1. The number of rotatable bonds is 12. The Balaban J connectivity index is 0. The lowest BCUT2D eigenvalue weighted by Crippen LogP contribution is -2.17. The Morgan fingerprint density at radius 2 is 1.38 bits per heavy atom. The molecule has 0 aliphatic rings. The molecule has 1 heteroatoms. The Hall–Kier alpha value is -0.0400. The maximum atomic E-state index is 3.53.